The Labute approximate surface area is 213 Å². The summed E-state index contributed by atoms with van der Waals surface area (Å²) >= 11 is 11.8. The summed E-state index contributed by atoms with van der Waals surface area (Å²) in [6, 6.07) is 2.85. The van der Waals surface area contributed by atoms with E-state index in [0.717, 1.165) is 11.1 Å². The molecule has 0 aliphatic heterocycles. The van der Waals surface area contributed by atoms with Crippen LogP contribution in [0.3, 0.4) is 0 Å². The van der Waals surface area contributed by atoms with Crippen molar-refractivity contribution in [3.8, 4) is 0 Å². The van der Waals surface area contributed by atoms with Crippen molar-refractivity contribution in [2.24, 2.45) is 0 Å². The number of hydrogen-bond acceptors (Lipinski definition) is 6. The Morgan fingerprint density at radius 2 is 1.32 bits per heavy atom. The van der Waals surface area contributed by atoms with Crippen LogP contribution in [0.5, 0.6) is 0 Å². The summed E-state index contributed by atoms with van der Waals surface area (Å²) in [5.41, 5.74) is 15.1. The van der Waals surface area contributed by atoms with E-state index in [0.29, 0.717) is 26.9 Å². The predicted molar refractivity (Wildman–Crippen MR) is 122 cm³/mol. The monoisotopic (exact) mass is 476 g/mol. The Hall–Kier alpha value is -2.00. The van der Waals surface area contributed by atoms with Gasteiger partial charge in [-0.2, -0.15) is 0 Å². The second-order valence-corrected chi connectivity index (χ2v) is 6.74. The number of anilines is 2. The third-order valence-electron chi connectivity index (χ3n) is 4.27. The largest absolute Gasteiger partial charge is 1.00 e. The van der Waals surface area contributed by atoms with Gasteiger partial charge in [0.15, 0.2) is 0 Å². The molecule has 162 valence electrons. The fraction of sp³-hybridized carbons (Fsp3) is 0.143. The molecule has 31 heavy (non-hydrogen) atoms. The van der Waals surface area contributed by atoms with Gasteiger partial charge in [0.1, 0.15) is 0 Å². The van der Waals surface area contributed by atoms with Crippen LogP contribution in [0.2, 0.25) is 10.0 Å². The number of hydrogen-bond donors (Lipinski definition) is 3. The SMILES string of the molecule is C=Cc1c(C)c(Cl)cc(C(=O)O)c1N.C=Cc1c(C)c(Cl)cc(C(=O)OC)c1N.[Na+].[OH-]. The predicted octanol–water partition coefficient (Wildman–Crippen LogP) is 2.06. The molecule has 10 heteroatoms. The first-order chi connectivity index (χ1) is 13.5. The van der Waals surface area contributed by atoms with Gasteiger partial charge in [-0.3, -0.25) is 0 Å². The molecule has 0 saturated carbocycles. The molecule has 7 nitrogen and oxygen atoms in total. The molecular weight excluding hydrogens is 454 g/mol. The molecule has 0 aliphatic rings. The topological polar surface area (TPSA) is 146 Å². The van der Waals surface area contributed by atoms with E-state index < -0.39 is 11.9 Å². The maximum Gasteiger partial charge on any atom is 1.00 e. The number of benzene rings is 2. The normalized spacial score (nSPS) is 9.19. The minimum atomic E-state index is -1.09. The molecular formula is C21H23Cl2N2NaO5. The number of carboxylic acid groups (broad SMARTS) is 1. The van der Waals surface area contributed by atoms with Crippen LogP contribution in [0, 0.1) is 13.8 Å². The van der Waals surface area contributed by atoms with Gasteiger partial charge < -0.3 is 26.8 Å². The molecule has 0 bridgehead atoms. The van der Waals surface area contributed by atoms with E-state index in [4.69, 9.17) is 39.8 Å². The average molecular weight is 477 g/mol. The fourth-order valence-corrected chi connectivity index (χ4v) is 2.98. The van der Waals surface area contributed by atoms with Crippen LogP contribution in [0.15, 0.2) is 25.3 Å². The van der Waals surface area contributed by atoms with Crippen molar-refractivity contribution in [2.75, 3.05) is 18.6 Å². The maximum absolute atomic E-state index is 11.4. The number of ether oxygens (including phenoxy) is 1. The van der Waals surface area contributed by atoms with Gasteiger partial charge in [0.2, 0.25) is 0 Å². The van der Waals surface area contributed by atoms with Crippen LogP contribution in [-0.2, 0) is 4.74 Å². The van der Waals surface area contributed by atoms with E-state index in [2.05, 4.69) is 17.9 Å². The summed E-state index contributed by atoms with van der Waals surface area (Å²) in [5, 5.41) is 9.68. The van der Waals surface area contributed by atoms with Gasteiger partial charge in [-0.1, -0.05) is 48.5 Å². The van der Waals surface area contributed by atoms with Crippen LogP contribution < -0.4 is 41.0 Å². The summed E-state index contributed by atoms with van der Waals surface area (Å²) in [6.07, 6.45) is 3.08. The van der Waals surface area contributed by atoms with Crippen LogP contribution in [0.4, 0.5) is 11.4 Å². The number of rotatable bonds is 4. The van der Waals surface area contributed by atoms with Crippen molar-refractivity contribution >= 4 is 58.7 Å². The first-order valence-corrected chi connectivity index (χ1v) is 9.00. The van der Waals surface area contributed by atoms with Crippen molar-refractivity contribution in [2.45, 2.75) is 13.8 Å². The summed E-state index contributed by atoms with van der Waals surface area (Å²) in [6.45, 7) is 10.8. The number of nitrogen functional groups attached to an aromatic ring is 2. The molecule has 0 radical (unpaired) electrons. The molecule has 0 amide bonds. The molecule has 2 aromatic rings. The minimum Gasteiger partial charge on any atom is -0.870 e. The average Bonchev–Trinajstić information content (AvgIpc) is 2.68. The number of nitrogens with two attached hydrogens (primary N) is 2. The molecule has 0 heterocycles. The van der Waals surface area contributed by atoms with E-state index in [1.807, 2.05) is 6.92 Å². The zero-order valence-corrected chi connectivity index (χ0v) is 21.3. The van der Waals surface area contributed by atoms with Gasteiger partial charge in [0.25, 0.3) is 0 Å². The van der Waals surface area contributed by atoms with Gasteiger partial charge >= 0.3 is 41.5 Å². The molecule has 2 aromatic carbocycles. The summed E-state index contributed by atoms with van der Waals surface area (Å²) in [5.74, 6) is -1.59. The van der Waals surface area contributed by atoms with Crippen LogP contribution in [0.25, 0.3) is 12.2 Å². The first kappa shape index (κ1) is 31.2. The van der Waals surface area contributed by atoms with Gasteiger partial charge in [-0.05, 0) is 37.1 Å². The molecule has 0 aromatic heterocycles. The van der Waals surface area contributed by atoms with Crippen molar-refractivity contribution < 1.29 is 54.5 Å². The number of esters is 1. The zero-order valence-electron chi connectivity index (χ0n) is 17.8. The molecule has 0 spiro atoms. The number of carbonyl (C=O) groups excluding carboxylic acids is 1. The summed E-state index contributed by atoms with van der Waals surface area (Å²) < 4.78 is 4.60. The number of carboxylic acids is 1. The van der Waals surface area contributed by atoms with E-state index in [-0.39, 0.29) is 51.8 Å². The van der Waals surface area contributed by atoms with E-state index in [9.17, 15) is 9.59 Å². The summed E-state index contributed by atoms with van der Waals surface area (Å²) in [7, 11) is 1.29. The van der Waals surface area contributed by atoms with Crippen LogP contribution in [0.1, 0.15) is 43.0 Å². The smallest absolute Gasteiger partial charge is 0.870 e. The number of halogens is 2. The number of methoxy groups -OCH3 is 1. The van der Waals surface area contributed by atoms with Crippen molar-refractivity contribution in [3.63, 3.8) is 0 Å². The number of aromatic carboxylic acids is 1. The minimum absolute atomic E-state index is 0. The van der Waals surface area contributed by atoms with Gasteiger partial charge in [-0.15, -0.1) is 0 Å². The molecule has 2 rings (SSSR count). The van der Waals surface area contributed by atoms with Crippen molar-refractivity contribution in [1.82, 2.24) is 0 Å². The molecule has 0 saturated heterocycles. The van der Waals surface area contributed by atoms with Gasteiger partial charge in [0.05, 0.1) is 29.6 Å². The Kier molecular flexibility index (Phi) is 13.5. The molecule has 0 aliphatic carbocycles. The third-order valence-corrected chi connectivity index (χ3v) is 5.06. The van der Waals surface area contributed by atoms with Crippen LogP contribution in [-0.4, -0.2) is 29.6 Å². The first-order valence-electron chi connectivity index (χ1n) is 8.25. The standard InChI is InChI=1S/C11H12ClNO2.C10H10ClNO2.Na.H2O/c1-4-7-6(2)9(12)5-8(10(7)13)11(14)15-3;1-3-6-5(2)8(11)4-7(9(6)12)10(13)14;;/h4-5H,1,13H2,2-3H3;3-4H,1,12H2,2H3,(H,13,14);;1H2/q;;+1;/p-1. The maximum atomic E-state index is 11.4. The third kappa shape index (κ3) is 7.00. The molecule has 0 unspecified atom stereocenters. The molecule has 0 atom stereocenters. The Bertz CT molecular complexity index is 1010. The zero-order chi connectivity index (χ0) is 22.5. The van der Waals surface area contributed by atoms with Gasteiger partial charge in [-0.25, -0.2) is 9.59 Å². The van der Waals surface area contributed by atoms with E-state index >= 15 is 0 Å². The van der Waals surface area contributed by atoms with E-state index in [1.54, 1.807) is 13.0 Å². The Morgan fingerprint density at radius 1 is 0.968 bits per heavy atom. The molecule has 6 N–H and O–H groups in total. The van der Waals surface area contributed by atoms with Crippen molar-refractivity contribution in [3.05, 3.63) is 68.7 Å². The van der Waals surface area contributed by atoms with Gasteiger partial charge in [0, 0.05) is 21.2 Å². The second-order valence-electron chi connectivity index (χ2n) is 5.92. The number of carbonyl (C=O) groups is 2. The second kappa shape index (κ2) is 13.4. The quantitative estimate of drug-likeness (QED) is 0.347. The Morgan fingerprint density at radius 3 is 1.65 bits per heavy atom. The summed E-state index contributed by atoms with van der Waals surface area (Å²) in [4.78, 5) is 22.2. The van der Waals surface area contributed by atoms with E-state index in [1.165, 1.54) is 25.3 Å². The van der Waals surface area contributed by atoms with Crippen molar-refractivity contribution in [1.29, 1.82) is 0 Å². The van der Waals surface area contributed by atoms with Crippen LogP contribution >= 0.6 is 23.2 Å². The Balaban J connectivity index is 0. The fourth-order valence-electron chi connectivity index (χ4n) is 2.56. The molecule has 0 fully saturated rings.